The zero-order chi connectivity index (χ0) is 20.7. The standard InChI is InChI=1S/C21H26N2O4S/c1-5-14(3)28-16-7-8-17(13(2)10-16)23-21(25)15-6-9-18(19(11-15)26-4)27-12-20(22)24/h6-11,14H,5,12H2,1-4H3,(H2,22,24)(H,23,25). The van der Waals surface area contributed by atoms with Gasteiger partial charge in [-0.1, -0.05) is 13.8 Å². The van der Waals surface area contributed by atoms with Gasteiger partial charge in [0.2, 0.25) is 0 Å². The zero-order valence-electron chi connectivity index (χ0n) is 16.6. The van der Waals surface area contributed by atoms with Crippen molar-refractivity contribution in [3.8, 4) is 11.5 Å². The van der Waals surface area contributed by atoms with E-state index < -0.39 is 5.91 Å². The summed E-state index contributed by atoms with van der Waals surface area (Å²) in [5, 5.41) is 3.47. The highest BCUT2D eigenvalue weighted by molar-refractivity contribution is 7.99. The molecule has 150 valence electrons. The molecule has 3 N–H and O–H groups in total. The molecule has 1 atom stereocenters. The largest absolute Gasteiger partial charge is 0.493 e. The molecule has 0 aromatic heterocycles. The predicted molar refractivity (Wildman–Crippen MR) is 112 cm³/mol. The topological polar surface area (TPSA) is 90.6 Å². The van der Waals surface area contributed by atoms with Crippen LogP contribution >= 0.6 is 11.8 Å². The van der Waals surface area contributed by atoms with E-state index in [0.717, 1.165) is 17.7 Å². The Morgan fingerprint density at radius 1 is 1.18 bits per heavy atom. The first-order valence-electron chi connectivity index (χ1n) is 9.01. The molecule has 0 spiro atoms. The number of hydrogen-bond donors (Lipinski definition) is 2. The smallest absolute Gasteiger partial charge is 0.255 e. The number of aryl methyl sites for hydroxylation is 1. The van der Waals surface area contributed by atoms with Gasteiger partial charge < -0.3 is 20.5 Å². The van der Waals surface area contributed by atoms with Crippen LogP contribution in [0.4, 0.5) is 5.69 Å². The van der Waals surface area contributed by atoms with E-state index in [4.69, 9.17) is 15.2 Å². The van der Waals surface area contributed by atoms with E-state index in [1.165, 1.54) is 12.0 Å². The maximum atomic E-state index is 12.6. The van der Waals surface area contributed by atoms with E-state index in [-0.39, 0.29) is 12.5 Å². The average molecular weight is 403 g/mol. The fourth-order valence-electron chi connectivity index (χ4n) is 2.44. The number of hydrogen-bond acceptors (Lipinski definition) is 5. The quantitative estimate of drug-likeness (QED) is 0.619. The van der Waals surface area contributed by atoms with Crippen molar-refractivity contribution in [1.82, 2.24) is 0 Å². The lowest BCUT2D eigenvalue weighted by molar-refractivity contribution is -0.119. The van der Waals surface area contributed by atoms with Crippen LogP contribution in [0.5, 0.6) is 11.5 Å². The summed E-state index contributed by atoms with van der Waals surface area (Å²) in [7, 11) is 1.46. The number of thioether (sulfide) groups is 1. The van der Waals surface area contributed by atoms with Gasteiger partial charge in [-0.25, -0.2) is 0 Å². The van der Waals surface area contributed by atoms with Crippen molar-refractivity contribution < 1.29 is 19.1 Å². The monoisotopic (exact) mass is 402 g/mol. The first kappa shape index (κ1) is 21.6. The Labute approximate surface area is 169 Å². The van der Waals surface area contributed by atoms with E-state index in [1.54, 1.807) is 18.2 Å². The average Bonchev–Trinajstić information content (AvgIpc) is 2.67. The third kappa shape index (κ3) is 5.92. The number of anilines is 1. The van der Waals surface area contributed by atoms with Crippen molar-refractivity contribution in [2.75, 3.05) is 19.0 Å². The number of carbonyl (C=O) groups is 2. The number of ether oxygens (including phenoxy) is 2. The minimum Gasteiger partial charge on any atom is -0.493 e. The first-order chi connectivity index (χ1) is 13.3. The molecule has 0 saturated carbocycles. The van der Waals surface area contributed by atoms with Gasteiger partial charge in [0.1, 0.15) is 0 Å². The summed E-state index contributed by atoms with van der Waals surface area (Å²) in [5.41, 5.74) is 7.25. The molecule has 6 nitrogen and oxygen atoms in total. The van der Waals surface area contributed by atoms with Crippen LogP contribution in [0.3, 0.4) is 0 Å². The lowest BCUT2D eigenvalue weighted by Gasteiger charge is -2.14. The molecule has 2 rings (SSSR count). The normalized spacial score (nSPS) is 11.6. The van der Waals surface area contributed by atoms with Gasteiger partial charge in [-0.15, -0.1) is 11.8 Å². The van der Waals surface area contributed by atoms with E-state index in [2.05, 4.69) is 25.2 Å². The van der Waals surface area contributed by atoms with Crippen LogP contribution in [0.2, 0.25) is 0 Å². The number of primary amides is 1. The Hall–Kier alpha value is -2.67. The summed E-state index contributed by atoms with van der Waals surface area (Å²) in [5.74, 6) is -0.147. The minimum atomic E-state index is -0.589. The molecule has 7 heteroatoms. The molecule has 0 saturated heterocycles. The Morgan fingerprint density at radius 3 is 2.54 bits per heavy atom. The Balaban J connectivity index is 2.13. The van der Waals surface area contributed by atoms with Gasteiger partial charge in [-0.2, -0.15) is 0 Å². The SMILES string of the molecule is CCC(C)Sc1ccc(NC(=O)c2ccc(OCC(N)=O)c(OC)c2)c(C)c1. The molecule has 0 bridgehead atoms. The van der Waals surface area contributed by atoms with E-state index in [1.807, 2.05) is 30.8 Å². The second-order valence-electron chi connectivity index (χ2n) is 6.39. The van der Waals surface area contributed by atoms with Crippen LogP contribution in [0.25, 0.3) is 0 Å². The maximum Gasteiger partial charge on any atom is 0.255 e. The van der Waals surface area contributed by atoms with Crippen LogP contribution in [0.15, 0.2) is 41.3 Å². The third-order valence-electron chi connectivity index (χ3n) is 4.15. The van der Waals surface area contributed by atoms with Crippen molar-refractivity contribution in [2.24, 2.45) is 5.73 Å². The number of carbonyl (C=O) groups excluding carboxylic acids is 2. The number of methoxy groups -OCH3 is 1. The molecular weight excluding hydrogens is 376 g/mol. The lowest BCUT2D eigenvalue weighted by atomic mass is 10.1. The summed E-state index contributed by atoms with van der Waals surface area (Å²) in [6.07, 6.45) is 1.10. The Bertz CT molecular complexity index is 854. The fraction of sp³-hybridized carbons (Fsp3) is 0.333. The summed E-state index contributed by atoms with van der Waals surface area (Å²) in [6, 6.07) is 10.8. The van der Waals surface area contributed by atoms with Crippen molar-refractivity contribution in [1.29, 1.82) is 0 Å². The van der Waals surface area contributed by atoms with Crippen molar-refractivity contribution in [3.63, 3.8) is 0 Å². The number of nitrogens with two attached hydrogens (primary N) is 1. The highest BCUT2D eigenvalue weighted by Crippen LogP contribution is 2.30. The van der Waals surface area contributed by atoms with Crippen molar-refractivity contribution >= 4 is 29.3 Å². The van der Waals surface area contributed by atoms with Gasteiger partial charge in [-0.3, -0.25) is 9.59 Å². The molecule has 0 aliphatic rings. The van der Waals surface area contributed by atoms with Gasteiger partial charge in [0.25, 0.3) is 11.8 Å². The summed E-state index contributed by atoms with van der Waals surface area (Å²) >= 11 is 1.82. The van der Waals surface area contributed by atoms with E-state index >= 15 is 0 Å². The summed E-state index contributed by atoms with van der Waals surface area (Å²) < 4.78 is 10.5. The number of nitrogens with one attached hydrogen (secondary N) is 1. The molecular formula is C21H26N2O4S. The first-order valence-corrected chi connectivity index (χ1v) is 9.89. The fourth-order valence-corrected chi connectivity index (χ4v) is 3.46. The Morgan fingerprint density at radius 2 is 1.93 bits per heavy atom. The molecule has 2 aromatic carbocycles. The number of rotatable bonds is 9. The predicted octanol–water partition coefficient (Wildman–Crippen LogP) is 4.01. The van der Waals surface area contributed by atoms with Gasteiger partial charge in [0, 0.05) is 21.4 Å². The highest BCUT2D eigenvalue weighted by atomic mass is 32.2. The van der Waals surface area contributed by atoms with Crippen LogP contribution in [0.1, 0.15) is 36.2 Å². The number of benzene rings is 2. The molecule has 2 amide bonds. The van der Waals surface area contributed by atoms with Crippen LogP contribution in [-0.4, -0.2) is 30.8 Å². The van der Waals surface area contributed by atoms with Gasteiger partial charge in [0.05, 0.1) is 7.11 Å². The second kappa shape index (κ2) is 10.0. The van der Waals surface area contributed by atoms with Gasteiger partial charge in [-0.05, 0) is 55.3 Å². The zero-order valence-corrected chi connectivity index (χ0v) is 17.4. The summed E-state index contributed by atoms with van der Waals surface area (Å²) in [4.78, 5) is 24.7. The molecule has 1 unspecified atom stereocenters. The number of amides is 2. The Kier molecular flexibility index (Phi) is 7.75. The van der Waals surface area contributed by atoms with Crippen LogP contribution in [-0.2, 0) is 4.79 Å². The molecule has 0 radical (unpaired) electrons. The van der Waals surface area contributed by atoms with Crippen molar-refractivity contribution in [2.45, 2.75) is 37.3 Å². The highest BCUT2D eigenvalue weighted by Gasteiger charge is 2.13. The maximum absolute atomic E-state index is 12.6. The van der Waals surface area contributed by atoms with E-state index in [9.17, 15) is 9.59 Å². The molecule has 0 aliphatic heterocycles. The van der Waals surface area contributed by atoms with Gasteiger partial charge in [0.15, 0.2) is 18.1 Å². The molecule has 0 aliphatic carbocycles. The minimum absolute atomic E-state index is 0.259. The van der Waals surface area contributed by atoms with Crippen molar-refractivity contribution in [3.05, 3.63) is 47.5 Å². The molecule has 0 heterocycles. The molecule has 0 fully saturated rings. The molecule has 28 heavy (non-hydrogen) atoms. The second-order valence-corrected chi connectivity index (χ2v) is 7.90. The molecule has 2 aromatic rings. The van der Waals surface area contributed by atoms with Crippen LogP contribution in [0, 0.1) is 6.92 Å². The van der Waals surface area contributed by atoms with Gasteiger partial charge >= 0.3 is 0 Å². The van der Waals surface area contributed by atoms with E-state index in [0.29, 0.717) is 22.3 Å². The third-order valence-corrected chi connectivity index (χ3v) is 5.42. The summed E-state index contributed by atoms with van der Waals surface area (Å²) in [6.45, 7) is 6.07. The lowest BCUT2D eigenvalue weighted by Crippen LogP contribution is -2.20. The van der Waals surface area contributed by atoms with Crippen LogP contribution < -0.4 is 20.5 Å².